The Labute approximate surface area is 212 Å². The maximum absolute atomic E-state index is 13.4. The third kappa shape index (κ3) is 6.57. The first-order valence-corrected chi connectivity index (χ1v) is 12.5. The van der Waals surface area contributed by atoms with Gasteiger partial charge in [-0.25, -0.2) is 9.37 Å². The molecule has 0 saturated carbocycles. The molecule has 2 amide bonds. The number of fused-ring (bicyclic) bond motifs is 1. The van der Waals surface area contributed by atoms with Crippen molar-refractivity contribution in [2.75, 3.05) is 31.1 Å². The Morgan fingerprint density at radius 2 is 1.78 bits per heavy atom. The Morgan fingerprint density at radius 3 is 2.50 bits per heavy atom. The SMILES string of the molecule is CC(=O)N1CCCN(Cc2ccc(F)cc2)CCN(C(=O)CCn2ccnc2C)Cc2ccccc21. The second-order valence-electron chi connectivity index (χ2n) is 9.29. The maximum Gasteiger partial charge on any atom is 0.224 e. The van der Waals surface area contributed by atoms with Crippen molar-refractivity contribution in [1.82, 2.24) is 19.4 Å². The van der Waals surface area contributed by atoms with Gasteiger partial charge in [-0.2, -0.15) is 0 Å². The highest BCUT2D eigenvalue weighted by Gasteiger charge is 2.22. The van der Waals surface area contributed by atoms with Gasteiger partial charge in [0.1, 0.15) is 11.6 Å². The van der Waals surface area contributed by atoms with Crippen LogP contribution in [0.4, 0.5) is 10.1 Å². The number of hydrogen-bond acceptors (Lipinski definition) is 4. The second kappa shape index (κ2) is 11.9. The standard InChI is InChI=1S/C28H34FN5O2/c1-22-30-13-17-32(22)16-12-28(36)33-19-18-31(20-24-8-10-26(29)11-9-24)14-5-15-34(23(2)35)27-7-4-3-6-25(27)21-33/h3-4,6-11,13,17H,5,12,14-16,18-21H2,1-2H3. The first kappa shape index (κ1) is 25.6. The van der Waals surface area contributed by atoms with E-state index in [1.807, 2.05) is 51.8 Å². The fourth-order valence-corrected chi connectivity index (χ4v) is 4.70. The first-order chi connectivity index (χ1) is 17.4. The Balaban J connectivity index is 1.57. The van der Waals surface area contributed by atoms with E-state index in [1.165, 1.54) is 12.1 Å². The van der Waals surface area contributed by atoms with Gasteiger partial charge in [0.25, 0.3) is 0 Å². The van der Waals surface area contributed by atoms with Crippen LogP contribution in [0.15, 0.2) is 60.9 Å². The number of halogens is 1. The molecule has 36 heavy (non-hydrogen) atoms. The first-order valence-electron chi connectivity index (χ1n) is 12.5. The normalized spacial score (nSPS) is 15.3. The molecule has 0 bridgehead atoms. The number of anilines is 1. The largest absolute Gasteiger partial charge is 0.337 e. The molecule has 0 aliphatic carbocycles. The van der Waals surface area contributed by atoms with Gasteiger partial charge in [-0.15, -0.1) is 0 Å². The van der Waals surface area contributed by atoms with Crippen molar-refractivity contribution >= 4 is 17.5 Å². The molecule has 0 unspecified atom stereocenters. The number of aryl methyl sites for hydroxylation is 2. The van der Waals surface area contributed by atoms with Gasteiger partial charge < -0.3 is 14.4 Å². The summed E-state index contributed by atoms with van der Waals surface area (Å²) in [6.45, 7) is 7.80. The van der Waals surface area contributed by atoms with E-state index in [-0.39, 0.29) is 17.6 Å². The summed E-state index contributed by atoms with van der Waals surface area (Å²) in [5.74, 6) is 0.678. The summed E-state index contributed by atoms with van der Waals surface area (Å²) >= 11 is 0. The number of rotatable bonds is 5. The molecule has 2 aromatic carbocycles. The predicted octanol–water partition coefficient (Wildman–Crippen LogP) is 4.01. The van der Waals surface area contributed by atoms with Crippen LogP contribution in [0.1, 0.15) is 36.7 Å². The Bertz CT molecular complexity index is 1180. The number of imidazole rings is 1. The molecule has 0 radical (unpaired) electrons. The fourth-order valence-electron chi connectivity index (χ4n) is 4.70. The Hall–Kier alpha value is -3.52. The zero-order chi connectivity index (χ0) is 25.5. The van der Waals surface area contributed by atoms with Crippen LogP contribution in [0, 0.1) is 12.7 Å². The number of hydrogen-bond donors (Lipinski definition) is 0. The summed E-state index contributed by atoms with van der Waals surface area (Å²) in [6.07, 6.45) is 4.80. The molecule has 0 atom stereocenters. The van der Waals surface area contributed by atoms with Gasteiger partial charge in [0, 0.05) is 77.2 Å². The van der Waals surface area contributed by atoms with E-state index in [0.29, 0.717) is 45.7 Å². The quantitative estimate of drug-likeness (QED) is 0.541. The fraction of sp³-hybridized carbons (Fsp3) is 0.393. The van der Waals surface area contributed by atoms with Gasteiger partial charge in [-0.1, -0.05) is 30.3 Å². The lowest BCUT2D eigenvalue weighted by atomic mass is 10.1. The molecule has 0 fully saturated rings. The topological polar surface area (TPSA) is 61.7 Å². The number of nitrogens with zero attached hydrogens (tertiary/aromatic N) is 5. The van der Waals surface area contributed by atoms with Crippen LogP contribution < -0.4 is 4.90 Å². The van der Waals surface area contributed by atoms with Crippen LogP contribution in [-0.4, -0.2) is 57.3 Å². The van der Waals surface area contributed by atoms with E-state index in [0.717, 1.165) is 35.6 Å². The number of carbonyl (C=O) groups excluding carboxylic acids is 2. The van der Waals surface area contributed by atoms with Crippen molar-refractivity contribution < 1.29 is 14.0 Å². The molecule has 0 spiro atoms. The maximum atomic E-state index is 13.4. The minimum absolute atomic E-state index is 0.0137. The summed E-state index contributed by atoms with van der Waals surface area (Å²) < 4.78 is 15.4. The highest BCUT2D eigenvalue weighted by Crippen LogP contribution is 2.24. The predicted molar refractivity (Wildman–Crippen MR) is 138 cm³/mol. The Kier molecular flexibility index (Phi) is 8.48. The summed E-state index contributed by atoms with van der Waals surface area (Å²) in [6, 6.07) is 14.4. The van der Waals surface area contributed by atoms with Gasteiger partial charge in [0.15, 0.2) is 0 Å². The molecule has 0 saturated heterocycles. The van der Waals surface area contributed by atoms with Crippen molar-refractivity contribution in [1.29, 1.82) is 0 Å². The molecular weight excluding hydrogens is 457 g/mol. The average molecular weight is 492 g/mol. The third-order valence-electron chi connectivity index (χ3n) is 6.73. The van der Waals surface area contributed by atoms with Crippen molar-refractivity contribution in [2.24, 2.45) is 0 Å². The second-order valence-corrected chi connectivity index (χ2v) is 9.29. The van der Waals surface area contributed by atoms with Crippen molar-refractivity contribution in [3.05, 3.63) is 83.7 Å². The zero-order valence-electron chi connectivity index (χ0n) is 21.1. The molecule has 190 valence electrons. The van der Waals surface area contributed by atoms with Crippen LogP contribution in [0.5, 0.6) is 0 Å². The molecule has 1 aliphatic heterocycles. The van der Waals surface area contributed by atoms with Crippen LogP contribution in [0.2, 0.25) is 0 Å². The summed E-state index contributed by atoms with van der Waals surface area (Å²) in [5.41, 5.74) is 2.85. The number of carbonyl (C=O) groups is 2. The van der Waals surface area contributed by atoms with E-state index in [4.69, 9.17) is 0 Å². The van der Waals surface area contributed by atoms with Crippen LogP contribution >= 0.6 is 0 Å². The summed E-state index contributed by atoms with van der Waals surface area (Å²) in [5, 5.41) is 0. The number of amides is 2. The minimum atomic E-state index is -0.254. The smallest absolute Gasteiger partial charge is 0.224 e. The highest BCUT2D eigenvalue weighted by atomic mass is 19.1. The molecule has 4 rings (SSSR count). The molecule has 3 aromatic rings. The van der Waals surface area contributed by atoms with E-state index in [1.54, 1.807) is 25.3 Å². The average Bonchev–Trinajstić information content (AvgIpc) is 3.27. The van der Waals surface area contributed by atoms with E-state index in [2.05, 4.69) is 9.88 Å². The molecule has 7 nitrogen and oxygen atoms in total. The highest BCUT2D eigenvalue weighted by molar-refractivity contribution is 5.92. The van der Waals surface area contributed by atoms with Crippen LogP contribution in [0.3, 0.4) is 0 Å². The summed E-state index contributed by atoms with van der Waals surface area (Å²) in [4.78, 5) is 36.3. The van der Waals surface area contributed by atoms with E-state index < -0.39 is 0 Å². The zero-order valence-corrected chi connectivity index (χ0v) is 21.1. The molecule has 1 aromatic heterocycles. The van der Waals surface area contributed by atoms with E-state index >= 15 is 0 Å². The van der Waals surface area contributed by atoms with Crippen LogP contribution in [-0.2, 0) is 29.2 Å². The summed E-state index contributed by atoms with van der Waals surface area (Å²) in [7, 11) is 0. The number of aromatic nitrogens is 2. The van der Waals surface area contributed by atoms with Crippen molar-refractivity contribution in [3.8, 4) is 0 Å². The lowest BCUT2D eigenvalue weighted by molar-refractivity contribution is -0.132. The van der Waals surface area contributed by atoms with E-state index in [9.17, 15) is 14.0 Å². The lowest BCUT2D eigenvalue weighted by Gasteiger charge is -2.28. The third-order valence-corrected chi connectivity index (χ3v) is 6.73. The van der Waals surface area contributed by atoms with Gasteiger partial charge in [0.05, 0.1) is 0 Å². The molecule has 1 aliphatic rings. The number of benzene rings is 2. The Morgan fingerprint density at radius 1 is 1.00 bits per heavy atom. The molecule has 8 heteroatoms. The van der Waals surface area contributed by atoms with Crippen molar-refractivity contribution in [2.45, 2.75) is 46.3 Å². The molecule has 0 N–H and O–H groups in total. The lowest BCUT2D eigenvalue weighted by Crippen LogP contribution is -2.38. The van der Waals surface area contributed by atoms with Crippen LogP contribution in [0.25, 0.3) is 0 Å². The molecular formula is C28H34FN5O2. The molecule has 2 heterocycles. The van der Waals surface area contributed by atoms with Crippen molar-refractivity contribution in [3.63, 3.8) is 0 Å². The minimum Gasteiger partial charge on any atom is -0.337 e. The number of para-hydroxylation sites is 1. The van der Waals surface area contributed by atoms with Gasteiger partial charge in [0.2, 0.25) is 11.8 Å². The monoisotopic (exact) mass is 491 g/mol. The van der Waals surface area contributed by atoms with Gasteiger partial charge in [-0.3, -0.25) is 14.5 Å². The van der Waals surface area contributed by atoms with Gasteiger partial charge >= 0.3 is 0 Å². The van der Waals surface area contributed by atoms with Gasteiger partial charge in [-0.05, 0) is 42.7 Å².